The minimum atomic E-state index is 0.200. The Morgan fingerprint density at radius 2 is 2.17 bits per heavy atom. The molecule has 0 saturated heterocycles. The lowest BCUT2D eigenvalue weighted by atomic mass is 9.84. The monoisotopic (exact) mass is 310 g/mol. The van der Waals surface area contributed by atoms with E-state index in [0.717, 1.165) is 23.8 Å². The van der Waals surface area contributed by atoms with Crippen LogP contribution in [0.25, 0.3) is 10.9 Å². The second-order valence-corrected chi connectivity index (χ2v) is 7.55. The first-order valence-corrected chi connectivity index (χ1v) is 9.05. The standard InChI is InChI=1S/C20H26N2O/c1-13(18-11-14-6-7-15(18)10-14)22-20(23)9-8-16-12-21-19-5-3-2-4-17(16)19/h2-5,12-15,18,21H,6-11H2,1H3,(H,22,23)/t13-,14+,15+,18+/m1/s1. The zero-order chi connectivity index (χ0) is 15.8. The maximum atomic E-state index is 12.3. The topological polar surface area (TPSA) is 44.9 Å². The van der Waals surface area contributed by atoms with E-state index in [0.29, 0.717) is 18.4 Å². The minimum absolute atomic E-state index is 0.200. The largest absolute Gasteiger partial charge is 0.361 e. The van der Waals surface area contributed by atoms with Gasteiger partial charge in [0.25, 0.3) is 0 Å². The van der Waals surface area contributed by atoms with Gasteiger partial charge in [0.05, 0.1) is 0 Å². The second-order valence-electron chi connectivity index (χ2n) is 7.55. The summed E-state index contributed by atoms with van der Waals surface area (Å²) in [5.41, 5.74) is 2.39. The van der Waals surface area contributed by atoms with Crippen molar-refractivity contribution >= 4 is 16.8 Å². The Morgan fingerprint density at radius 3 is 2.96 bits per heavy atom. The Balaban J connectivity index is 1.32. The molecule has 2 fully saturated rings. The number of amides is 1. The summed E-state index contributed by atoms with van der Waals surface area (Å²) in [5.74, 6) is 2.72. The van der Waals surface area contributed by atoms with Crippen LogP contribution in [0.2, 0.25) is 0 Å². The van der Waals surface area contributed by atoms with Crippen molar-refractivity contribution in [2.24, 2.45) is 17.8 Å². The third-order valence-electron chi connectivity index (χ3n) is 6.12. The molecule has 122 valence electrons. The van der Waals surface area contributed by atoms with E-state index in [9.17, 15) is 4.79 Å². The summed E-state index contributed by atoms with van der Waals surface area (Å²) in [7, 11) is 0. The highest BCUT2D eigenvalue weighted by Crippen LogP contribution is 2.49. The number of fused-ring (bicyclic) bond motifs is 3. The number of rotatable bonds is 5. The van der Waals surface area contributed by atoms with Crippen molar-refractivity contribution < 1.29 is 4.79 Å². The van der Waals surface area contributed by atoms with Gasteiger partial charge in [-0.2, -0.15) is 0 Å². The quantitative estimate of drug-likeness (QED) is 0.860. The van der Waals surface area contributed by atoms with Crippen LogP contribution in [0.3, 0.4) is 0 Å². The summed E-state index contributed by atoms with van der Waals surface area (Å²) in [6.45, 7) is 2.20. The van der Waals surface area contributed by atoms with E-state index in [1.165, 1.54) is 36.6 Å². The van der Waals surface area contributed by atoms with Crippen LogP contribution in [0.4, 0.5) is 0 Å². The van der Waals surface area contributed by atoms with Crippen molar-refractivity contribution in [2.75, 3.05) is 0 Å². The average Bonchev–Trinajstić information content (AvgIpc) is 3.28. The number of carbonyl (C=O) groups is 1. The van der Waals surface area contributed by atoms with Gasteiger partial charge in [-0.25, -0.2) is 0 Å². The molecule has 2 saturated carbocycles. The molecule has 1 heterocycles. The molecule has 1 aromatic carbocycles. The third kappa shape index (κ3) is 2.89. The average molecular weight is 310 g/mol. The molecule has 3 heteroatoms. The van der Waals surface area contributed by atoms with E-state index < -0.39 is 0 Å². The van der Waals surface area contributed by atoms with Crippen LogP contribution in [-0.4, -0.2) is 16.9 Å². The third-order valence-corrected chi connectivity index (χ3v) is 6.12. The molecule has 0 unspecified atom stereocenters. The van der Waals surface area contributed by atoms with Gasteiger partial charge in [0.1, 0.15) is 0 Å². The first kappa shape index (κ1) is 14.8. The lowest BCUT2D eigenvalue weighted by Crippen LogP contribution is -2.40. The highest BCUT2D eigenvalue weighted by molar-refractivity contribution is 5.84. The summed E-state index contributed by atoms with van der Waals surface area (Å²) in [6.07, 6.45) is 8.95. The second kappa shape index (κ2) is 6.03. The molecule has 4 atom stereocenters. The number of aromatic nitrogens is 1. The predicted molar refractivity (Wildman–Crippen MR) is 93.2 cm³/mol. The lowest BCUT2D eigenvalue weighted by molar-refractivity contribution is -0.122. The van der Waals surface area contributed by atoms with E-state index in [2.05, 4.69) is 35.4 Å². The van der Waals surface area contributed by atoms with E-state index in [1.807, 2.05) is 12.3 Å². The van der Waals surface area contributed by atoms with Crippen LogP contribution >= 0.6 is 0 Å². The zero-order valence-electron chi connectivity index (χ0n) is 13.8. The molecule has 0 aliphatic heterocycles. The fraction of sp³-hybridized carbons (Fsp3) is 0.550. The van der Waals surface area contributed by atoms with Gasteiger partial charge in [0.2, 0.25) is 5.91 Å². The number of benzene rings is 1. The van der Waals surface area contributed by atoms with Crippen molar-refractivity contribution in [3.63, 3.8) is 0 Å². The van der Waals surface area contributed by atoms with E-state index >= 15 is 0 Å². The first-order chi connectivity index (χ1) is 11.2. The molecule has 2 aromatic rings. The number of H-pyrrole nitrogens is 1. The molecule has 0 radical (unpaired) electrons. The molecule has 2 N–H and O–H groups in total. The number of hydrogen-bond donors (Lipinski definition) is 2. The van der Waals surface area contributed by atoms with Crippen LogP contribution in [-0.2, 0) is 11.2 Å². The summed E-state index contributed by atoms with van der Waals surface area (Å²) < 4.78 is 0. The van der Waals surface area contributed by atoms with Gasteiger partial charge in [0, 0.05) is 29.6 Å². The first-order valence-electron chi connectivity index (χ1n) is 9.05. The van der Waals surface area contributed by atoms with E-state index in [4.69, 9.17) is 0 Å². The Kier molecular flexibility index (Phi) is 3.88. The number of nitrogens with one attached hydrogen (secondary N) is 2. The van der Waals surface area contributed by atoms with Crippen LogP contribution in [0.5, 0.6) is 0 Å². The Labute approximate surface area is 137 Å². The van der Waals surface area contributed by atoms with Crippen molar-refractivity contribution in [3.05, 3.63) is 36.0 Å². The lowest BCUT2D eigenvalue weighted by Gasteiger charge is -2.28. The van der Waals surface area contributed by atoms with Gasteiger partial charge in [-0.3, -0.25) is 4.79 Å². The smallest absolute Gasteiger partial charge is 0.220 e. The minimum Gasteiger partial charge on any atom is -0.361 e. The van der Waals surface area contributed by atoms with Crippen LogP contribution in [0.15, 0.2) is 30.5 Å². The van der Waals surface area contributed by atoms with E-state index in [-0.39, 0.29) is 5.91 Å². The summed E-state index contributed by atoms with van der Waals surface area (Å²) in [6, 6.07) is 8.62. The molecule has 2 aliphatic carbocycles. The Morgan fingerprint density at radius 1 is 1.30 bits per heavy atom. The van der Waals surface area contributed by atoms with Gasteiger partial charge < -0.3 is 10.3 Å². The molecule has 4 rings (SSSR count). The number of para-hydroxylation sites is 1. The van der Waals surface area contributed by atoms with Gasteiger partial charge in [-0.15, -0.1) is 0 Å². The van der Waals surface area contributed by atoms with Crippen molar-refractivity contribution in [1.82, 2.24) is 10.3 Å². The predicted octanol–water partition coefficient (Wildman–Crippen LogP) is 4.04. The maximum absolute atomic E-state index is 12.3. The molecule has 2 aliphatic rings. The summed E-state index contributed by atoms with van der Waals surface area (Å²) >= 11 is 0. The van der Waals surface area contributed by atoms with Crippen LogP contribution in [0.1, 0.15) is 44.6 Å². The van der Waals surface area contributed by atoms with Crippen molar-refractivity contribution in [1.29, 1.82) is 0 Å². The molecule has 3 nitrogen and oxygen atoms in total. The molecule has 1 aromatic heterocycles. The van der Waals surface area contributed by atoms with Gasteiger partial charge in [-0.1, -0.05) is 24.6 Å². The molecular formula is C20H26N2O. The highest BCUT2D eigenvalue weighted by Gasteiger charge is 2.42. The van der Waals surface area contributed by atoms with Gasteiger partial charge in [0.15, 0.2) is 0 Å². The highest BCUT2D eigenvalue weighted by atomic mass is 16.1. The van der Waals surface area contributed by atoms with Crippen molar-refractivity contribution in [3.8, 4) is 0 Å². The fourth-order valence-corrected chi connectivity index (χ4v) is 4.93. The molecule has 1 amide bonds. The van der Waals surface area contributed by atoms with E-state index in [1.54, 1.807) is 0 Å². The van der Waals surface area contributed by atoms with Gasteiger partial charge in [-0.05, 0) is 62.0 Å². The number of aromatic amines is 1. The summed E-state index contributed by atoms with van der Waals surface area (Å²) in [5, 5.41) is 4.51. The van der Waals surface area contributed by atoms with Crippen LogP contribution < -0.4 is 5.32 Å². The SMILES string of the molecule is C[C@@H](NC(=O)CCc1c[nH]c2ccccc12)[C@@H]1C[C@H]2CC[C@H]1C2. The Hall–Kier alpha value is -1.77. The van der Waals surface area contributed by atoms with Gasteiger partial charge >= 0.3 is 0 Å². The number of carbonyl (C=O) groups excluding carboxylic acids is 1. The number of hydrogen-bond acceptors (Lipinski definition) is 1. The Bertz CT molecular complexity index is 704. The molecule has 0 spiro atoms. The number of aryl methyl sites for hydroxylation is 1. The fourth-order valence-electron chi connectivity index (χ4n) is 4.93. The molecular weight excluding hydrogens is 284 g/mol. The molecule has 2 bridgehead atoms. The van der Waals surface area contributed by atoms with Crippen LogP contribution in [0, 0.1) is 17.8 Å². The summed E-state index contributed by atoms with van der Waals surface area (Å²) in [4.78, 5) is 15.6. The normalized spacial score (nSPS) is 27.4. The van der Waals surface area contributed by atoms with Crippen molar-refractivity contribution in [2.45, 2.75) is 51.5 Å². The zero-order valence-corrected chi connectivity index (χ0v) is 13.8. The molecule has 23 heavy (non-hydrogen) atoms. The maximum Gasteiger partial charge on any atom is 0.220 e.